The smallest absolute Gasteiger partial charge is 0.306 e. The van der Waals surface area contributed by atoms with Gasteiger partial charge in [-0.05, 0) is 42.2 Å². The topological polar surface area (TPSA) is 82.8 Å². The van der Waals surface area contributed by atoms with Crippen molar-refractivity contribution in [3.8, 4) is 0 Å². The average molecular weight is 377 g/mol. The van der Waals surface area contributed by atoms with Gasteiger partial charge in [0.1, 0.15) is 0 Å². The molecule has 0 radical (unpaired) electrons. The molecule has 0 saturated heterocycles. The average Bonchev–Trinajstić information content (AvgIpc) is 2.84. The standard InChI is InChI=1S/C18H20N2O3S2/c1-11-5-7-12(8-6-11)25(22,23)24-16-10-15-14(19-17(21)20-15)9-13(16)18(2,3)4/h5-10H,1-4H3,(H2,19,20,21). The van der Waals surface area contributed by atoms with E-state index in [1.165, 1.54) is 0 Å². The van der Waals surface area contributed by atoms with Crippen LogP contribution in [0.3, 0.4) is 0 Å². The van der Waals surface area contributed by atoms with Crippen molar-refractivity contribution in [2.75, 3.05) is 0 Å². The van der Waals surface area contributed by atoms with Crippen LogP contribution in [0.25, 0.3) is 11.0 Å². The van der Waals surface area contributed by atoms with Gasteiger partial charge in [-0.25, -0.2) is 13.2 Å². The first-order chi connectivity index (χ1) is 11.6. The molecule has 2 aromatic carbocycles. The Kier molecular flexibility index (Phi) is 4.33. The quantitative estimate of drug-likeness (QED) is 0.678. The predicted octanol–water partition coefficient (Wildman–Crippen LogP) is 3.94. The third kappa shape index (κ3) is 3.67. The molecule has 0 bridgehead atoms. The van der Waals surface area contributed by atoms with Crippen LogP contribution in [0.15, 0.2) is 51.0 Å². The van der Waals surface area contributed by atoms with Gasteiger partial charge in [0.15, 0.2) is 0 Å². The second-order valence-electron chi connectivity index (χ2n) is 7.07. The van der Waals surface area contributed by atoms with Gasteiger partial charge in [0.2, 0.25) is 8.87 Å². The van der Waals surface area contributed by atoms with Crippen LogP contribution >= 0.6 is 10.8 Å². The van der Waals surface area contributed by atoms with Crippen LogP contribution < -0.4 is 5.69 Å². The Morgan fingerprint density at radius 3 is 2.08 bits per heavy atom. The number of nitrogens with one attached hydrogen (secondary N) is 2. The summed E-state index contributed by atoms with van der Waals surface area (Å²) in [6.07, 6.45) is 0. The Labute approximate surface area is 150 Å². The second-order valence-corrected chi connectivity index (χ2v) is 10.9. The van der Waals surface area contributed by atoms with E-state index in [2.05, 4.69) is 9.97 Å². The highest BCUT2D eigenvalue weighted by Gasteiger charge is 2.25. The summed E-state index contributed by atoms with van der Waals surface area (Å²) >= 11 is 0. The largest absolute Gasteiger partial charge is 0.323 e. The van der Waals surface area contributed by atoms with Crippen LogP contribution in [0.1, 0.15) is 31.9 Å². The molecule has 0 fully saturated rings. The van der Waals surface area contributed by atoms with Crippen molar-refractivity contribution in [3.63, 3.8) is 0 Å². The van der Waals surface area contributed by atoms with E-state index >= 15 is 0 Å². The number of benzene rings is 2. The molecule has 0 aliphatic heterocycles. The normalized spacial score (nSPS) is 12.6. The van der Waals surface area contributed by atoms with Gasteiger partial charge in [0.25, 0.3) is 0 Å². The number of imidazole rings is 1. The number of fused-ring (bicyclic) bond motifs is 1. The molecule has 0 amide bonds. The molecule has 132 valence electrons. The minimum absolute atomic E-state index is 0.269. The predicted molar refractivity (Wildman–Crippen MR) is 102 cm³/mol. The zero-order chi connectivity index (χ0) is 18.4. The first kappa shape index (κ1) is 17.8. The van der Waals surface area contributed by atoms with E-state index < -0.39 is 8.87 Å². The number of aromatic nitrogens is 2. The highest BCUT2D eigenvalue weighted by Crippen LogP contribution is 2.39. The number of aromatic amines is 2. The summed E-state index contributed by atoms with van der Waals surface area (Å²) in [6.45, 7) is 7.96. The Morgan fingerprint density at radius 1 is 0.960 bits per heavy atom. The number of hydrogen-bond donors (Lipinski definition) is 2. The minimum Gasteiger partial charge on any atom is -0.306 e. The number of aryl methyl sites for hydroxylation is 1. The molecular weight excluding hydrogens is 356 g/mol. The molecule has 3 rings (SSSR count). The van der Waals surface area contributed by atoms with Gasteiger partial charge in [-0.3, -0.25) is 0 Å². The van der Waals surface area contributed by atoms with Gasteiger partial charge >= 0.3 is 5.69 Å². The van der Waals surface area contributed by atoms with Crippen molar-refractivity contribution >= 4 is 30.7 Å². The van der Waals surface area contributed by atoms with E-state index in [9.17, 15) is 13.2 Å². The summed E-state index contributed by atoms with van der Waals surface area (Å²) in [5.74, 6) is 0. The maximum atomic E-state index is 12.8. The first-order valence-electron chi connectivity index (χ1n) is 7.84. The lowest BCUT2D eigenvalue weighted by Crippen LogP contribution is -2.13. The first-order valence-corrected chi connectivity index (χ1v) is 10.7. The fraction of sp³-hybridized carbons (Fsp3) is 0.278. The third-order valence-corrected chi connectivity index (χ3v) is 7.29. The van der Waals surface area contributed by atoms with Gasteiger partial charge in [0.05, 0.1) is 15.9 Å². The number of H-pyrrole nitrogens is 2. The zero-order valence-electron chi connectivity index (χ0n) is 14.5. The third-order valence-electron chi connectivity index (χ3n) is 3.93. The molecule has 0 unspecified atom stereocenters. The minimum atomic E-state index is -3.56. The van der Waals surface area contributed by atoms with Gasteiger partial charge < -0.3 is 9.97 Å². The van der Waals surface area contributed by atoms with Crippen LogP contribution in [0, 0.1) is 6.92 Å². The van der Waals surface area contributed by atoms with Crippen molar-refractivity contribution in [1.29, 1.82) is 0 Å². The molecule has 0 aliphatic carbocycles. The van der Waals surface area contributed by atoms with Crippen molar-refractivity contribution in [1.82, 2.24) is 9.97 Å². The molecule has 25 heavy (non-hydrogen) atoms. The molecule has 5 nitrogen and oxygen atoms in total. The molecule has 7 heteroatoms. The fourth-order valence-corrected chi connectivity index (χ4v) is 5.76. The molecule has 0 spiro atoms. The van der Waals surface area contributed by atoms with E-state index in [4.69, 9.17) is 0 Å². The fourth-order valence-electron chi connectivity index (χ4n) is 2.59. The van der Waals surface area contributed by atoms with E-state index in [0.717, 1.165) is 21.9 Å². The maximum absolute atomic E-state index is 12.8. The van der Waals surface area contributed by atoms with Crippen LogP contribution in [0.5, 0.6) is 0 Å². The summed E-state index contributed by atoms with van der Waals surface area (Å²) < 4.78 is 25.6. The molecule has 0 atom stereocenters. The van der Waals surface area contributed by atoms with E-state index in [0.29, 0.717) is 15.9 Å². The molecule has 3 aromatic rings. The number of hydrogen-bond acceptors (Lipinski definition) is 4. The van der Waals surface area contributed by atoms with E-state index in [1.54, 1.807) is 30.3 Å². The highest BCUT2D eigenvalue weighted by atomic mass is 33.1. The Bertz CT molecular complexity index is 1090. The highest BCUT2D eigenvalue weighted by molar-refractivity contribution is 8.72. The van der Waals surface area contributed by atoms with Gasteiger partial charge in [-0.1, -0.05) is 38.5 Å². The van der Waals surface area contributed by atoms with E-state index in [1.807, 2.05) is 33.8 Å². The maximum Gasteiger partial charge on any atom is 0.323 e. The molecular formula is C18H20N2O3S2. The van der Waals surface area contributed by atoms with Gasteiger partial charge in [0, 0.05) is 15.7 Å². The summed E-state index contributed by atoms with van der Waals surface area (Å²) in [7, 11) is -2.74. The van der Waals surface area contributed by atoms with E-state index in [-0.39, 0.29) is 16.0 Å². The number of rotatable bonds is 3. The lowest BCUT2D eigenvalue weighted by atomic mass is 9.87. The Morgan fingerprint density at radius 2 is 1.52 bits per heavy atom. The lowest BCUT2D eigenvalue weighted by molar-refractivity contribution is 0.579. The van der Waals surface area contributed by atoms with Crippen molar-refractivity contribution < 1.29 is 8.42 Å². The molecule has 1 aromatic heterocycles. The van der Waals surface area contributed by atoms with Crippen LogP contribution in [0.4, 0.5) is 0 Å². The lowest BCUT2D eigenvalue weighted by Gasteiger charge is -2.22. The van der Waals surface area contributed by atoms with Crippen LogP contribution in [0.2, 0.25) is 0 Å². The molecule has 2 N–H and O–H groups in total. The summed E-state index contributed by atoms with van der Waals surface area (Å²) in [5, 5.41) is 0. The van der Waals surface area contributed by atoms with Crippen molar-refractivity contribution in [2.24, 2.45) is 0 Å². The van der Waals surface area contributed by atoms with Crippen LogP contribution in [-0.2, 0) is 14.3 Å². The van der Waals surface area contributed by atoms with Gasteiger partial charge in [-0.2, -0.15) is 0 Å². The molecule has 0 saturated carbocycles. The van der Waals surface area contributed by atoms with Crippen molar-refractivity contribution in [2.45, 2.75) is 42.9 Å². The zero-order valence-corrected chi connectivity index (χ0v) is 16.1. The summed E-state index contributed by atoms with van der Waals surface area (Å²) in [4.78, 5) is 17.9. The van der Waals surface area contributed by atoms with Crippen LogP contribution in [-0.4, -0.2) is 18.4 Å². The Hall–Kier alpha value is -1.99. The summed E-state index contributed by atoms with van der Waals surface area (Å²) in [5.41, 5.74) is 2.57. The Balaban J connectivity index is 2.13. The molecule has 1 heterocycles. The summed E-state index contributed by atoms with van der Waals surface area (Å²) in [6, 6.07) is 10.4. The van der Waals surface area contributed by atoms with Crippen molar-refractivity contribution in [3.05, 3.63) is 58.0 Å². The monoisotopic (exact) mass is 376 g/mol. The second kappa shape index (κ2) is 6.07. The molecule has 0 aliphatic rings. The van der Waals surface area contributed by atoms with Gasteiger partial charge in [-0.15, -0.1) is 0 Å². The SMILES string of the molecule is Cc1ccc(S(=O)(=O)Sc2cc3[nH]c(=O)[nH]c3cc2C(C)(C)C)cc1.